The Bertz CT molecular complexity index is 257. The topological polar surface area (TPSA) is 32.1 Å². The molecule has 0 saturated carbocycles. The molecule has 2 rings (SSSR count). The molecule has 1 fully saturated rings. The number of carbonyl (C=O) groups excluding carboxylic acids is 1. The summed E-state index contributed by atoms with van der Waals surface area (Å²) in [6.45, 7) is 4.11. The number of hydrogen-bond donors (Lipinski definition) is 1. The van der Waals surface area contributed by atoms with Crippen LogP contribution in [0.25, 0.3) is 0 Å². The van der Waals surface area contributed by atoms with Gasteiger partial charge in [0.25, 0.3) is 5.91 Å². The lowest BCUT2D eigenvalue weighted by Gasteiger charge is -2.14. The van der Waals surface area contributed by atoms with E-state index in [0.29, 0.717) is 6.04 Å². The van der Waals surface area contributed by atoms with E-state index in [0.717, 1.165) is 12.8 Å². The molecule has 0 bridgehead atoms. The molecule has 66 valence electrons. The van der Waals surface area contributed by atoms with E-state index >= 15 is 0 Å². The van der Waals surface area contributed by atoms with Crippen LogP contribution in [0.2, 0.25) is 0 Å². The molecule has 1 amide bonds. The SMILES string of the molecule is CC1=[N+]2NC(=O)C(C)C2CCC1. The summed E-state index contributed by atoms with van der Waals surface area (Å²) in [4.78, 5) is 11.3. The fourth-order valence-electron chi connectivity index (χ4n) is 2.15. The maximum absolute atomic E-state index is 11.3. The fraction of sp³-hybridized carbons (Fsp3) is 0.778. The van der Waals surface area contributed by atoms with Crippen LogP contribution in [-0.4, -0.2) is 22.3 Å². The molecule has 3 heteroatoms. The first-order valence-corrected chi connectivity index (χ1v) is 4.62. The lowest BCUT2D eigenvalue weighted by Crippen LogP contribution is -2.36. The second-order valence-electron chi connectivity index (χ2n) is 3.83. The molecule has 0 radical (unpaired) electrons. The maximum Gasteiger partial charge on any atom is 0.283 e. The van der Waals surface area contributed by atoms with Gasteiger partial charge in [-0.2, -0.15) is 0 Å². The van der Waals surface area contributed by atoms with Crippen LogP contribution in [0.5, 0.6) is 0 Å². The Labute approximate surface area is 72.4 Å². The minimum absolute atomic E-state index is 0.167. The summed E-state index contributed by atoms with van der Waals surface area (Å²) in [5.41, 5.74) is 4.22. The predicted molar refractivity (Wildman–Crippen MR) is 45.9 cm³/mol. The number of hydrazone groups is 1. The van der Waals surface area contributed by atoms with E-state index in [2.05, 4.69) is 17.0 Å². The third-order valence-electron chi connectivity index (χ3n) is 3.00. The second-order valence-corrected chi connectivity index (χ2v) is 3.83. The standard InChI is InChI=1S/C9H14N2O/c1-6-4-3-5-8-7(2)9(12)10-11(6)8/h7-8H,3-5H2,1-2H3/p+1. The highest BCUT2D eigenvalue weighted by Crippen LogP contribution is 2.23. The van der Waals surface area contributed by atoms with Crippen molar-refractivity contribution in [2.45, 2.75) is 39.2 Å². The Morgan fingerprint density at radius 1 is 1.58 bits per heavy atom. The van der Waals surface area contributed by atoms with Gasteiger partial charge in [0.15, 0.2) is 11.8 Å². The zero-order valence-corrected chi connectivity index (χ0v) is 7.63. The van der Waals surface area contributed by atoms with E-state index in [1.54, 1.807) is 0 Å². The minimum Gasteiger partial charge on any atom is -0.269 e. The molecule has 2 aliphatic rings. The number of nitrogens with zero attached hydrogens (tertiary/aromatic N) is 1. The van der Waals surface area contributed by atoms with Crippen molar-refractivity contribution in [2.24, 2.45) is 5.92 Å². The van der Waals surface area contributed by atoms with E-state index in [-0.39, 0.29) is 11.8 Å². The monoisotopic (exact) mass is 167 g/mol. The summed E-state index contributed by atoms with van der Waals surface area (Å²) < 4.78 is 2.07. The Balaban J connectivity index is 2.34. The van der Waals surface area contributed by atoms with E-state index < -0.39 is 0 Å². The summed E-state index contributed by atoms with van der Waals surface area (Å²) >= 11 is 0. The first kappa shape index (κ1) is 7.77. The Kier molecular flexibility index (Phi) is 1.67. The summed E-state index contributed by atoms with van der Waals surface area (Å²) in [5, 5.41) is 0. The van der Waals surface area contributed by atoms with Crippen molar-refractivity contribution in [3.63, 3.8) is 0 Å². The highest BCUT2D eigenvalue weighted by Gasteiger charge is 2.44. The van der Waals surface area contributed by atoms with Gasteiger partial charge in [0.2, 0.25) is 0 Å². The Morgan fingerprint density at radius 2 is 2.33 bits per heavy atom. The molecule has 2 heterocycles. The van der Waals surface area contributed by atoms with E-state index in [1.807, 2.05) is 6.92 Å². The lowest BCUT2D eigenvalue weighted by molar-refractivity contribution is -0.602. The van der Waals surface area contributed by atoms with Gasteiger partial charge in [-0.05, 0) is 13.3 Å². The molecular weight excluding hydrogens is 152 g/mol. The molecule has 1 saturated heterocycles. The van der Waals surface area contributed by atoms with E-state index in [9.17, 15) is 4.79 Å². The molecule has 2 atom stereocenters. The molecule has 0 aliphatic carbocycles. The Morgan fingerprint density at radius 3 is 3.00 bits per heavy atom. The summed E-state index contributed by atoms with van der Waals surface area (Å²) in [5.74, 6) is 0.349. The minimum atomic E-state index is 0.167. The lowest BCUT2D eigenvalue weighted by atomic mass is 9.94. The van der Waals surface area contributed by atoms with Crippen LogP contribution in [0.15, 0.2) is 0 Å². The number of nitrogens with one attached hydrogen (secondary N) is 1. The quantitative estimate of drug-likeness (QED) is 0.529. The van der Waals surface area contributed by atoms with Crippen molar-refractivity contribution in [3.8, 4) is 0 Å². The number of hydrogen-bond acceptors (Lipinski definition) is 1. The highest BCUT2D eigenvalue weighted by atomic mass is 16.2. The van der Waals surface area contributed by atoms with E-state index in [4.69, 9.17) is 0 Å². The number of amides is 1. The van der Waals surface area contributed by atoms with Gasteiger partial charge >= 0.3 is 0 Å². The average Bonchev–Trinajstić information content (AvgIpc) is 2.32. The largest absolute Gasteiger partial charge is 0.283 e. The van der Waals surface area contributed by atoms with Gasteiger partial charge in [-0.15, -0.1) is 10.1 Å². The maximum atomic E-state index is 11.3. The van der Waals surface area contributed by atoms with Crippen molar-refractivity contribution in [1.82, 2.24) is 5.43 Å². The van der Waals surface area contributed by atoms with Crippen molar-refractivity contribution in [1.29, 1.82) is 0 Å². The van der Waals surface area contributed by atoms with Crippen LogP contribution in [0.4, 0.5) is 0 Å². The normalized spacial score (nSPS) is 35.0. The second kappa shape index (κ2) is 2.57. The first-order chi connectivity index (χ1) is 5.70. The molecule has 0 aromatic carbocycles. The highest BCUT2D eigenvalue weighted by molar-refractivity contribution is 5.83. The zero-order valence-electron chi connectivity index (χ0n) is 7.63. The molecule has 2 unspecified atom stereocenters. The van der Waals surface area contributed by atoms with Gasteiger partial charge in [-0.3, -0.25) is 4.79 Å². The number of rotatable bonds is 0. The molecule has 3 nitrogen and oxygen atoms in total. The van der Waals surface area contributed by atoms with Crippen molar-refractivity contribution in [2.75, 3.05) is 0 Å². The van der Waals surface area contributed by atoms with Gasteiger partial charge in [0.05, 0.1) is 0 Å². The van der Waals surface area contributed by atoms with Crippen LogP contribution in [-0.2, 0) is 4.79 Å². The van der Waals surface area contributed by atoms with Crippen LogP contribution in [0, 0.1) is 5.92 Å². The van der Waals surface area contributed by atoms with Gasteiger partial charge in [-0.25, -0.2) is 0 Å². The van der Waals surface area contributed by atoms with Crippen LogP contribution < -0.4 is 5.43 Å². The van der Waals surface area contributed by atoms with Crippen molar-refractivity contribution in [3.05, 3.63) is 0 Å². The molecule has 0 aromatic heterocycles. The third-order valence-corrected chi connectivity index (χ3v) is 3.00. The fourth-order valence-corrected chi connectivity index (χ4v) is 2.15. The molecule has 12 heavy (non-hydrogen) atoms. The first-order valence-electron chi connectivity index (χ1n) is 4.62. The summed E-state index contributed by atoms with van der Waals surface area (Å²) in [6.07, 6.45) is 3.51. The average molecular weight is 167 g/mol. The van der Waals surface area contributed by atoms with Crippen LogP contribution in [0.1, 0.15) is 33.1 Å². The molecule has 2 aliphatic heterocycles. The van der Waals surface area contributed by atoms with E-state index in [1.165, 1.54) is 12.1 Å². The predicted octanol–water partition coefficient (Wildman–Crippen LogP) is 0.693. The number of carbonyl (C=O) groups is 1. The summed E-state index contributed by atoms with van der Waals surface area (Å²) in [7, 11) is 0. The smallest absolute Gasteiger partial charge is 0.269 e. The van der Waals surface area contributed by atoms with Gasteiger partial charge in [0, 0.05) is 19.8 Å². The third kappa shape index (κ3) is 0.958. The van der Waals surface area contributed by atoms with Gasteiger partial charge in [0.1, 0.15) is 5.92 Å². The zero-order chi connectivity index (χ0) is 8.72. The van der Waals surface area contributed by atoms with Crippen molar-refractivity contribution < 1.29 is 9.48 Å². The number of fused-ring (bicyclic) bond motifs is 1. The molecule has 0 aromatic rings. The molecular formula is C9H15N2O+. The van der Waals surface area contributed by atoms with Crippen LogP contribution >= 0.6 is 0 Å². The summed E-state index contributed by atoms with van der Waals surface area (Å²) in [6, 6.07) is 0.422. The molecule has 1 N–H and O–H groups in total. The van der Waals surface area contributed by atoms with Gasteiger partial charge < -0.3 is 0 Å². The Hall–Kier alpha value is -0.860. The van der Waals surface area contributed by atoms with Crippen LogP contribution in [0.3, 0.4) is 0 Å². The van der Waals surface area contributed by atoms with Gasteiger partial charge in [-0.1, -0.05) is 0 Å². The van der Waals surface area contributed by atoms with Crippen molar-refractivity contribution >= 4 is 11.6 Å². The molecule has 0 spiro atoms. The number of hydrazine groups is 1.